The minimum atomic E-state index is -0.997. The van der Waals surface area contributed by atoms with Crippen molar-refractivity contribution < 1.29 is 9.50 Å². The highest BCUT2D eigenvalue weighted by molar-refractivity contribution is 9.10. The van der Waals surface area contributed by atoms with Crippen LogP contribution in [-0.2, 0) is 6.42 Å². The van der Waals surface area contributed by atoms with Crippen LogP contribution in [0, 0.1) is 5.82 Å². The van der Waals surface area contributed by atoms with Crippen molar-refractivity contribution in [1.82, 2.24) is 0 Å². The zero-order chi connectivity index (χ0) is 12.2. The summed E-state index contributed by atoms with van der Waals surface area (Å²) in [5.74, 6) is -0.308. The highest BCUT2D eigenvalue weighted by atomic mass is 79.9. The smallest absolute Gasteiger partial charge is 0.127 e. The first-order valence-corrected chi connectivity index (χ1v) is 6.16. The number of benzene rings is 1. The van der Waals surface area contributed by atoms with Crippen LogP contribution in [0.25, 0.3) is 0 Å². The fourth-order valence-electron chi connectivity index (χ4n) is 1.75. The minimum Gasteiger partial charge on any atom is -0.388 e. The normalized spacial score (nSPS) is 14.8. The Morgan fingerprint density at radius 3 is 2.69 bits per heavy atom. The van der Waals surface area contributed by atoms with Gasteiger partial charge in [0, 0.05) is 17.4 Å². The summed E-state index contributed by atoms with van der Waals surface area (Å²) in [5, 5.41) is 10.2. The molecule has 1 aromatic rings. The molecule has 1 atom stereocenters. The van der Waals surface area contributed by atoms with Crippen molar-refractivity contribution in [1.29, 1.82) is 0 Å². The fraction of sp³-hybridized carbons (Fsp3) is 0.500. The van der Waals surface area contributed by atoms with Crippen molar-refractivity contribution in [3.05, 3.63) is 34.1 Å². The second kappa shape index (κ2) is 5.75. The van der Waals surface area contributed by atoms with Crippen LogP contribution >= 0.6 is 15.9 Å². The summed E-state index contributed by atoms with van der Waals surface area (Å²) in [4.78, 5) is 0. The Hall–Kier alpha value is -0.450. The number of hydrogen-bond acceptors (Lipinski definition) is 2. The minimum absolute atomic E-state index is 0.149. The molecule has 0 bridgehead atoms. The molecule has 0 fully saturated rings. The molecule has 0 aliphatic heterocycles. The highest BCUT2D eigenvalue weighted by Gasteiger charge is 2.25. The van der Waals surface area contributed by atoms with Gasteiger partial charge in [0.1, 0.15) is 5.82 Å². The molecule has 1 rings (SSSR count). The molecule has 0 radical (unpaired) electrons. The molecule has 2 nitrogen and oxygen atoms in total. The Bertz CT molecular complexity index is 359. The van der Waals surface area contributed by atoms with E-state index in [1.54, 1.807) is 12.1 Å². The van der Waals surface area contributed by atoms with E-state index >= 15 is 0 Å². The summed E-state index contributed by atoms with van der Waals surface area (Å²) >= 11 is 3.20. The number of aliphatic hydroxyl groups is 1. The van der Waals surface area contributed by atoms with Crippen molar-refractivity contribution in [3.63, 3.8) is 0 Å². The van der Waals surface area contributed by atoms with Gasteiger partial charge in [0.15, 0.2) is 0 Å². The Morgan fingerprint density at radius 2 is 2.19 bits per heavy atom. The Balaban J connectivity index is 2.85. The monoisotopic (exact) mass is 289 g/mol. The van der Waals surface area contributed by atoms with Gasteiger partial charge in [0.25, 0.3) is 0 Å². The predicted molar refractivity (Wildman–Crippen MR) is 66.7 cm³/mol. The second-order valence-electron chi connectivity index (χ2n) is 4.09. The molecule has 0 heterocycles. The van der Waals surface area contributed by atoms with Gasteiger partial charge in [0.2, 0.25) is 0 Å². The molecule has 90 valence electrons. The first-order valence-electron chi connectivity index (χ1n) is 5.37. The molecule has 1 aromatic carbocycles. The number of rotatable bonds is 5. The van der Waals surface area contributed by atoms with Crippen molar-refractivity contribution in [2.45, 2.75) is 31.8 Å². The maximum absolute atomic E-state index is 13.6. The lowest BCUT2D eigenvalue weighted by atomic mass is 9.90. The van der Waals surface area contributed by atoms with Gasteiger partial charge < -0.3 is 10.8 Å². The standard InChI is InChI=1S/C12H17BrFNO/c1-2-5-12(16,8-15)7-9-3-4-10(13)6-11(9)14/h3-4,6,16H,2,5,7-8,15H2,1H3. The van der Waals surface area contributed by atoms with E-state index in [0.29, 0.717) is 16.5 Å². The van der Waals surface area contributed by atoms with Crippen LogP contribution in [0.15, 0.2) is 22.7 Å². The lowest BCUT2D eigenvalue weighted by molar-refractivity contribution is 0.0391. The number of nitrogens with two attached hydrogens (primary N) is 1. The molecule has 0 saturated carbocycles. The topological polar surface area (TPSA) is 46.2 Å². The predicted octanol–water partition coefficient (Wildman–Crippen LogP) is 2.62. The summed E-state index contributed by atoms with van der Waals surface area (Å²) in [6.07, 6.45) is 1.67. The average Bonchev–Trinajstić information content (AvgIpc) is 2.23. The van der Waals surface area contributed by atoms with Gasteiger partial charge in [-0.15, -0.1) is 0 Å². The van der Waals surface area contributed by atoms with Gasteiger partial charge in [-0.3, -0.25) is 0 Å². The molecule has 16 heavy (non-hydrogen) atoms. The van der Waals surface area contributed by atoms with E-state index in [1.807, 2.05) is 6.92 Å². The van der Waals surface area contributed by atoms with E-state index in [9.17, 15) is 9.50 Å². The zero-order valence-electron chi connectivity index (χ0n) is 9.34. The molecule has 0 aliphatic rings. The summed E-state index contributed by atoms with van der Waals surface area (Å²) in [7, 11) is 0. The zero-order valence-corrected chi connectivity index (χ0v) is 10.9. The van der Waals surface area contributed by atoms with E-state index in [4.69, 9.17) is 5.73 Å². The Morgan fingerprint density at radius 1 is 1.50 bits per heavy atom. The lowest BCUT2D eigenvalue weighted by Gasteiger charge is -2.26. The highest BCUT2D eigenvalue weighted by Crippen LogP contribution is 2.22. The number of halogens is 2. The maximum Gasteiger partial charge on any atom is 0.127 e. The molecule has 4 heteroatoms. The van der Waals surface area contributed by atoms with E-state index in [1.165, 1.54) is 6.07 Å². The van der Waals surface area contributed by atoms with Crippen molar-refractivity contribution in [2.75, 3.05) is 6.54 Å². The summed E-state index contributed by atoms with van der Waals surface area (Å²) in [6, 6.07) is 4.84. The van der Waals surface area contributed by atoms with E-state index in [0.717, 1.165) is 6.42 Å². The largest absolute Gasteiger partial charge is 0.388 e. The van der Waals surface area contributed by atoms with Gasteiger partial charge in [-0.1, -0.05) is 35.3 Å². The lowest BCUT2D eigenvalue weighted by Crippen LogP contribution is -2.40. The van der Waals surface area contributed by atoms with Crippen LogP contribution in [0.1, 0.15) is 25.3 Å². The third kappa shape index (κ3) is 3.54. The second-order valence-corrected chi connectivity index (χ2v) is 5.01. The van der Waals surface area contributed by atoms with Gasteiger partial charge in [-0.2, -0.15) is 0 Å². The molecule has 0 saturated heterocycles. The Labute approximate surface area is 104 Å². The van der Waals surface area contributed by atoms with Crippen LogP contribution in [0.4, 0.5) is 4.39 Å². The van der Waals surface area contributed by atoms with Crippen LogP contribution in [-0.4, -0.2) is 17.3 Å². The SMILES string of the molecule is CCCC(O)(CN)Cc1ccc(Br)cc1F. The van der Waals surface area contributed by atoms with E-state index in [-0.39, 0.29) is 18.8 Å². The first kappa shape index (κ1) is 13.6. The van der Waals surface area contributed by atoms with Crippen molar-refractivity contribution in [2.24, 2.45) is 5.73 Å². The van der Waals surface area contributed by atoms with Gasteiger partial charge in [-0.05, 0) is 24.1 Å². The molecule has 0 spiro atoms. The molecule has 1 unspecified atom stereocenters. The number of hydrogen-bond donors (Lipinski definition) is 2. The fourth-order valence-corrected chi connectivity index (χ4v) is 2.08. The van der Waals surface area contributed by atoms with Gasteiger partial charge in [0.05, 0.1) is 5.60 Å². The molecular weight excluding hydrogens is 273 g/mol. The molecule has 0 aromatic heterocycles. The first-order chi connectivity index (χ1) is 7.50. The van der Waals surface area contributed by atoms with Gasteiger partial charge >= 0.3 is 0 Å². The summed E-state index contributed by atoms with van der Waals surface area (Å²) in [5.41, 5.74) is 5.05. The van der Waals surface area contributed by atoms with Crippen LogP contribution in [0.3, 0.4) is 0 Å². The van der Waals surface area contributed by atoms with Crippen molar-refractivity contribution >= 4 is 15.9 Å². The summed E-state index contributed by atoms with van der Waals surface area (Å²) in [6.45, 7) is 2.12. The molecule has 0 amide bonds. The van der Waals surface area contributed by atoms with E-state index in [2.05, 4.69) is 15.9 Å². The molecule has 3 N–H and O–H groups in total. The van der Waals surface area contributed by atoms with Crippen molar-refractivity contribution in [3.8, 4) is 0 Å². The Kier molecular flexibility index (Phi) is 4.89. The van der Waals surface area contributed by atoms with Crippen LogP contribution in [0.2, 0.25) is 0 Å². The molecular formula is C12H17BrFNO. The van der Waals surface area contributed by atoms with Gasteiger partial charge in [-0.25, -0.2) is 4.39 Å². The molecule has 0 aliphatic carbocycles. The third-order valence-electron chi connectivity index (χ3n) is 2.63. The maximum atomic E-state index is 13.6. The van der Waals surface area contributed by atoms with Crippen LogP contribution in [0.5, 0.6) is 0 Å². The van der Waals surface area contributed by atoms with Crippen LogP contribution < -0.4 is 5.73 Å². The van der Waals surface area contributed by atoms with E-state index < -0.39 is 5.60 Å². The average molecular weight is 290 g/mol. The summed E-state index contributed by atoms with van der Waals surface area (Å²) < 4.78 is 14.3. The quantitative estimate of drug-likeness (QED) is 0.875. The third-order valence-corrected chi connectivity index (χ3v) is 3.12.